The minimum atomic E-state index is -0.525. The van der Waals surface area contributed by atoms with Gasteiger partial charge >= 0.3 is 6.09 Å². The lowest BCUT2D eigenvalue weighted by Gasteiger charge is -2.43. The molecular weight excluding hydrogens is 438 g/mol. The quantitative estimate of drug-likeness (QED) is 0.569. The van der Waals surface area contributed by atoms with Gasteiger partial charge in [-0.15, -0.1) is 0 Å². The second kappa shape index (κ2) is 8.91. The number of fused-ring (bicyclic) bond motifs is 1. The third kappa shape index (κ3) is 4.45. The molecule has 182 valence electrons. The van der Waals surface area contributed by atoms with Gasteiger partial charge in [-0.25, -0.2) is 4.79 Å². The zero-order valence-electron chi connectivity index (χ0n) is 20.8. The summed E-state index contributed by atoms with van der Waals surface area (Å²) in [6.07, 6.45) is 8.55. The molecule has 1 saturated carbocycles. The number of carbonyl (C=O) groups is 1. The molecule has 1 N–H and O–H groups in total. The first kappa shape index (κ1) is 23.2. The number of methoxy groups -OCH3 is 1. The maximum atomic E-state index is 12.5. The van der Waals surface area contributed by atoms with Gasteiger partial charge in [0.05, 0.1) is 18.7 Å². The second-order valence-corrected chi connectivity index (χ2v) is 10.4. The van der Waals surface area contributed by atoms with Gasteiger partial charge in [-0.05, 0) is 68.9 Å². The average Bonchev–Trinajstić information content (AvgIpc) is 3.21. The Balaban J connectivity index is 1.44. The lowest BCUT2D eigenvalue weighted by atomic mass is 9.71. The van der Waals surface area contributed by atoms with Crippen LogP contribution in [0.1, 0.15) is 68.8 Å². The van der Waals surface area contributed by atoms with Crippen molar-refractivity contribution in [2.75, 3.05) is 7.11 Å². The maximum Gasteiger partial charge on any atom is 0.408 e. The van der Waals surface area contributed by atoms with E-state index in [-0.39, 0.29) is 23.7 Å². The molecule has 2 heterocycles. The largest absolute Gasteiger partial charge is 0.493 e. The van der Waals surface area contributed by atoms with Crippen molar-refractivity contribution in [2.45, 2.75) is 63.3 Å². The Morgan fingerprint density at radius 1 is 1.06 bits per heavy atom. The summed E-state index contributed by atoms with van der Waals surface area (Å²) in [7, 11) is 1.68. The number of nitrogens with one attached hydrogen (secondary N) is 1. The summed E-state index contributed by atoms with van der Waals surface area (Å²) in [5.74, 6) is 1.61. The van der Waals surface area contributed by atoms with Gasteiger partial charge in [0.15, 0.2) is 11.6 Å². The Hall–Kier alpha value is -3.54. The first-order chi connectivity index (χ1) is 16.8. The number of allylic oxidation sites excluding steroid dienone is 2. The van der Waals surface area contributed by atoms with E-state index >= 15 is 0 Å². The van der Waals surface area contributed by atoms with E-state index in [1.165, 1.54) is 5.56 Å². The third-order valence-corrected chi connectivity index (χ3v) is 6.93. The topological polar surface area (TPSA) is 63.2 Å². The molecule has 2 aromatic carbocycles. The summed E-state index contributed by atoms with van der Waals surface area (Å²) in [6.45, 7) is 5.65. The Morgan fingerprint density at radius 2 is 1.77 bits per heavy atom. The number of benzene rings is 2. The van der Waals surface area contributed by atoms with E-state index in [0.717, 1.165) is 42.0 Å². The highest BCUT2D eigenvalue weighted by Gasteiger charge is 2.42. The van der Waals surface area contributed by atoms with Crippen molar-refractivity contribution in [3.05, 3.63) is 95.4 Å². The van der Waals surface area contributed by atoms with Gasteiger partial charge in [0.25, 0.3) is 0 Å². The van der Waals surface area contributed by atoms with Crippen LogP contribution in [0, 0.1) is 0 Å². The molecule has 5 rings (SSSR count). The van der Waals surface area contributed by atoms with Crippen molar-refractivity contribution in [1.29, 1.82) is 0 Å². The molecule has 6 heteroatoms. The van der Waals surface area contributed by atoms with E-state index in [9.17, 15) is 4.79 Å². The van der Waals surface area contributed by atoms with E-state index in [2.05, 4.69) is 64.9 Å². The normalized spacial score (nSPS) is 22.5. The van der Waals surface area contributed by atoms with Gasteiger partial charge in [-0.3, -0.25) is 4.99 Å². The molecule has 2 unspecified atom stereocenters. The predicted molar refractivity (Wildman–Crippen MR) is 137 cm³/mol. The fourth-order valence-corrected chi connectivity index (χ4v) is 5.13. The van der Waals surface area contributed by atoms with E-state index in [4.69, 9.17) is 14.5 Å². The van der Waals surface area contributed by atoms with Crippen molar-refractivity contribution in [3.8, 4) is 0 Å². The lowest BCUT2D eigenvalue weighted by Crippen LogP contribution is -2.52. The van der Waals surface area contributed by atoms with E-state index in [0.29, 0.717) is 0 Å². The van der Waals surface area contributed by atoms with Crippen molar-refractivity contribution < 1.29 is 14.3 Å². The van der Waals surface area contributed by atoms with Crippen LogP contribution in [0.2, 0.25) is 0 Å². The summed E-state index contributed by atoms with van der Waals surface area (Å²) >= 11 is 0. The molecule has 0 saturated heterocycles. The Bertz CT molecular complexity index is 1170. The highest BCUT2D eigenvalue weighted by Crippen LogP contribution is 2.46. The number of nitrogens with zero attached hydrogens (tertiary/aromatic N) is 2. The minimum Gasteiger partial charge on any atom is -0.493 e. The van der Waals surface area contributed by atoms with Crippen molar-refractivity contribution >= 4 is 11.9 Å². The summed E-state index contributed by atoms with van der Waals surface area (Å²) < 4.78 is 11.2. The van der Waals surface area contributed by atoms with Crippen LogP contribution < -0.4 is 5.32 Å². The van der Waals surface area contributed by atoms with E-state index < -0.39 is 5.60 Å². The van der Waals surface area contributed by atoms with E-state index in [1.54, 1.807) is 7.11 Å². The Kier molecular flexibility index (Phi) is 5.91. The van der Waals surface area contributed by atoms with Crippen molar-refractivity contribution in [1.82, 2.24) is 10.2 Å². The zero-order valence-corrected chi connectivity index (χ0v) is 20.8. The van der Waals surface area contributed by atoms with Crippen molar-refractivity contribution in [3.63, 3.8) is 0 Å². The molecule has 0 spiro atoms. The standard InChI is InChI=1S/C29H33N3O3/c1-28(2,3)35-27(33)31-29(17-9-18-29)22-15-13-20(14-16-22)24-25(21-10-6-5-7-11-21)32-19-8-12-23(34-4)26(32)30-24/h5-8,10-16,19,24-25H,9,17-18H2,1-4H3,(H,31,33). The summed E-state index contributed by atoms with van der Waals surface area (Å²) in [4.78, 5) is 19.9. The summed E-state index contributed by atoms with van der Waals surface area (Å²) in [5, 5.41) is 3.15. The number of amidine groups is 1. The van der Waals surface area contributed by atoms with Gasteiger partial charge in [-0.2, -0.15) is 0 Å². The Labute approximate surface area is 207 Å². The highest BCUT2D eigenvalue weighted by atomic mass is 16.6. The van der Waals surface area contributed by atoms with Crippen LogP contribution in [0.4, 0.5) is 4.79 Å². The Morgan fingerprint density at radius 3 is 2.37 bits per heavy atom. The monoisotopic (exact) mass is 471 g/mol. The number of amides is 1. The number of carbonyl (C=O) groups excluding carboxylic acids is 1. The van der Waals surface area contributed by atoms with Crippen LogP contribution in [0.25, 0.3) is 0 Å². The SMILES string of the molecule is COC1=CC=CN2C1=NC(c1ccc(C3(NC(=O)OC(C)(C)C)CCC3)cc1)C2c1ccccc1. The molecular formula is C29H33N3O3. The lowest BCUT2D eigenvalue weighted by molar-refractivity contribution is 0.0377. The fourth-order valence-electron chi connectivity index (χ4n) is 5.13. The smallest absolute Gasteiger partial charge is 0.408 e. The maximum absolute atomic E-state index is 12.5. The van der Waals surface area contributed by atoms with E-state index in [1.807, 2.05) is 39.0 Å². The molecule has 1 fully saturated rings. The first-order valence-electron chi connectivity index (χ1n) is 12.3. The number of alkyl carbamates (subject to hydrolysis) is 1. The second-order valence-electron chi connectivity index (χ2n) is 10.4. The molecule has 0 aromatic heterocycles. The minimum absolute atomic E-state index is 0.0321. The van der Waals surface area contributed by atoms with Crippen LogP contribution >= 0.6 is 0 Å². The molecule has 0 bridgehead atoms. The summed E-state index contributed by atoms with van der Waals surface area (Å²) in [6, 6.07) is 19.0. The number of hydrogen-bond acceptors (Lipinski definition) is 5. The van der Waals surface area contributed by atoms with Crippen LogP contribution in [-0.4, -0.2) is 29.5 Å². The number of aliphatic imine (C=N–C) groups is 1. The van der Waals surface area contributed by atoms with Crippen molar-refractivity contribution in [2.24, 2.45) is 4.99 Å². The first-order valence-corrected chi connectivity index (χ1v) is 12.3. The van der Waals surface area contributed by atoms with Crippen LogP contribution in [0.15, 0.2) is 83.7 Å². The molecule has 2 aliphatic heterocycles. The zero-order chi connectivity index (χ0) is 24.6. The number of hydrogen-bond donors (Lipinski definition) is 1. The molecule has 35 heavy (non-hydrogen) atoms. The van der Waals surface area contributed by atoms with Crippen LogP contribution in [-0.2, 0) is 15.0 Å². The van der Waals surface area contributed by atoms with Gasteiger partial charge in [0, 0.05) is 6.20 Å². The van der Waals surface area contributed by atoms with Gasteiger partial charge in [0.2, 0.25) is 0 Å². The average molecular weight is 472 g/mol. The summed E-state index contributed by atoms with van der Waals surface area (Å²) in [5.41, 5.74) is 2.54. The fraction of sp³-hybridized carbons (Fsp3) is 0.379. The van der Waals surface area contributed by atoms with Crippen LogP contribution in [0.5, 0.6) is 0 Å². The molecule has 2 atom stereocenters. The highest BCUT2D eigenvalue weighted by molar-refractivity contribution is 6.00. The molecule has 0 radical (unpaired) electrons. The van der Waals surface area contributed by atoms with Gasteiger partial charge in [-0.1, -0.05) is 54.6 Å². The molecule has 1 aliphatic carbocycles. The molecule has 6 nitrogen and oxygen atoms in total. The van der Waals surface area contributed by atoms with Crippen LogP contribution in [0.3, 0.4) is 0 Å². The molecule has 1 amide bonds. The third-order valence-electron chi connectivity index (χ3n) is 6.93. The molecule has 2 aromatic rings. The van der Waals surface area contributed by atoms with Gasteiger partial charge < -0.3 is 19.7 Å². The van der Waals surface area contributed by atoms with Gasteiger partial charge in [0.1, 0.15) is 11.6 Å². The number of ether oxygens (including phenoxy) is 2. The molecule has 3 aliphatic rings. The predicted octanol–water partition coefficient (Wildman–Crippen LogP) is 6.14. The number of rotatable bonds is 5.